The molecule has 31 heavy (non-hydrogen) atoms. The zero-order chi connectivity index (χ0) is 21.9. The van der Waals surface area contributed by atoms with Gasteiger partial charge >= 0.3 is 0 Å². The maximum Gasteiger partial charge on any atom is 0.156 e. The molecule has 5 heteroatoms. The van der Waals surface area contributed by atoms with E-state index < -0.39 is 5.60 Å². The number of aromatic nitrogens is 2. The summed E-state index contributed by atoms with van der Waals surface area (Å²) in [5.74, 6) is 3.39. The third kappa shape index (κ3) is 3.42. The molecule has 0 bridgehead atoms. The molecule has 0 spiro atoms. The highest BCUT2D eigenvalue weighted by Gasteiger charge is 2.62. The van der Waals surface area contributed by atoms with Gasteiger partial charge in [-0.3, -0.25) is 4.79 Å². The summed E-state index contributed by atoms with van der Waals surface area (Å²) in [6.45, 7) is 5.90. The third-order valence-corrected chi connectivity index (χ3v) is 10.5. The molecular weight excluding hydrogens is 388 g/mol. The van der Waals surface area contributed by atoms with E-state index in [1.54, 1.807) is 19.6 Å². The van der Waals surface area contributed by atoms with Crippen molar-refractivity contribution in [3.05, 3.63) is 18.7 Å². The van der Waals surface area contributed by atoms with Gasteiger partial charge in [0, 0.05) is 25.4 Å². The summed E-state index contributed by atoms with van der Waals surface area (Å²) < 4.78 is 7.29. The van der Waals surface area contributed by atoms with Crippen molar-refractivity contribution in [3.63, 3.8) is 0 Å². The van der Waals surface area contributed by atoms with Gasteiger partial charge in [0.05, 0.1) is 25.1 Å². The number of nitrogens with zero attached hydrogens (tertiary/aromatic N) is 2. The van der Waals surface area contributed by atoms with Crippen LogP contribution >= 0.6 is 0 Å². The van der Waals surface area contributed by atoms with Crippen LogP contribution in [0.15, 0.2) is 18.7 Å². The average molecular weight is 429 g/mol. The SMILES string of the molecule is COC[C@@]1(O)CC[C@]2(C)[C@@H](CC[C@@H]3[C@H]2CC[C@]2(C)[C@@H](C(=O)Cn4ccnc4)CC[C@@H]32)C1. The van der Waals surface area contributed by atoms with Crippen LogP contribution in [0.2, 0.25) is 0 Å². The Labute approximate surface area is 187 Å². The van der Waals surface area contributed by atoms with Crippen LogP contribution in [-0.4, -0.2) is 39.8 Å². The summed E-state index contributed by atoms with van der Waals surface area (Å²) in [4.78, 5) is 17.4. The van der Waals surface area contributed by atoms with Crippen LogP contribution in [0, 0.1) is 40.4 Å². The Balaban J connectivity index is 1.33. The third-order valence-electron chi connectivity index (χ3n) is 10.5. The molecule has 0 saturated heterocycles. The Hall–Kier alpha value is -1.20. The number of fused-ring (bicyclic) bond motifs is 5. The quantitative estimate of drug-likeness (QED) is 0.751. The second kappa shape index (κ2) is 7.69. The molecular formula is C26H40N2O3. The zero-order valence-electron chi connectivity index (χ0n) is 19.6. The zero-order valence-corrected chi connectivity index (χ0v) is 19.6. The van der Waals surface area contributed by atoms with Gasteiger partial charge < -0.3 is 14.4 Å². The fraction of sp³-hybridized carbons (Fsp3) is 0.846. The lowest BCUT2D eigenvalue weighted by molar-refractivity contribution is -0.164. The first-order chi connectivity index (χ1) is 14.8. The van der Waals surface area contributed by atoms with Gasteiger partial charge in [-0.05, 0) is 92.3 Å². The highest BCUT2D eigenvalue weighted by molar-refractivity contribution is 5.82. The maximum absolute atomic E-state index is 13.3. The summed E-state index contributed by atoms with van der Waals surface area (Å²) in [5.41, 5.74) is -0.135. The fourth-order valence-electron chi connectivity index (χ4n) is 8.92. The first-order valence-electron chi connectivity index (χ1n) is 12.5. The van der Waals surface area contributed by atoms with Gasteiger partial charge in [-0.25, -0.2) is 4.98 Å². The van der Waals surface area contributed by atoms with Gasteiger partial charge in [-0.15, -0.1) is 0 Å². The molecule has 5 rings (SSSR count). The molecule has 1 aromatic rings. The predicted octanol–water partition coefficient (Wildman–Crippen LogP) is 4.49. The number of hydrogen-bond acceptors (Lipinski definition) is 4. The minimum Gasteiger partial charge on any atom is -0.387 e. The van der Waals surface area contributed by atoms with Crippen molar-refractivity contribution in [3.8, 4) is 0 Å². The molecule has 1 heterocycles. The summed E-state index contributed by atoms with van der Waals surface area (Å²) in [6, 6.07) is 0. The van der Waals surface area contributed by atoms with E-state index in [4.69, 9.17) is 4.74 Å². The maximum atomic E-state index is 13.3. The molecule has 0 amide bonds. The molecule has 4 aliphatic rings. The Morgan fingerprint density at radius 1 is 1.10 bits per heavy atom. The second-order valence-corrected chi connectivity index (χ2v) is 11.9. The van der Waals surface area contributed by atoms with Crippen LogP contribution in [0.25, 0.3) is 0 Å². The summed E-state index contributed by atoms with van der Waals surface area (Å²) in [7, 11) is 1.70. The van der Waals surface area contributed by atoms with Crippen molar-refractivity contribution in [1.29, 1.82) is 0 Å². The monoisotopic (exact) mass is 428 g/mol. The first-order valence-corrected chi connectivity index (χ1v) is 12.5. The van der Waals surface area contributed by atoms with Gasteiger partial charge in [0.15, 0.2) is 5.78 Å². The van der Waals surface area contributed by atoms with E-state index in [-0.39, 0.29) is 11.3 Å². The van der Waals surface area contributed by atoms with Crippen molar-refractivity contribution in [2.75, 3.05) is 13.7 Å². The van der Waals surface area contributed by atoms with Crippen LogP contribution in [0.1, 0.15) is 71.6 Å². The fourth-order valence-corrected chi connectivity index (χ4v) is 8.92. The molecule has 8 atom stereocenters. The second-order valence-electron chi connectivity index (χ2n) is 11.9. The van der Waals surface area contributed by atoms with Crippen LogP contribution in [0.4, 0.5) is 0 Å². The summed E-state index contributed by atoms with van der Waals surface area (Å²) in [5, 5.41) is 11.0. The van der Waals surface area contributed by atoms with Crippen LogP contribution < -0.4 is 0 Å². The lowest BCUT2D eigenvalue weighted by Gasteiger charge is -2.62. The van der Waals surface area contributed by atoms with Crippen LogP contribution in [-0.2, 0) is 16.1 Å². The van der Waals surface area contributed by atoms with Crippen LogP contribution in [0.3, 0.4) is 0 Å². The molecule has 1 N–H and O–H groups in total. The Morgan fingerprint density at radius 2 is 1.90 bits per heavy atom. The van der Waals surface area contributed by atoms with E-state index in [0.29, 0.717) is 36.2 Å². The van der Waals surface area contributed by atoms with Crippen molar-refractivity contribution in [1.82, 2.24) is 9.55 Å². The standard InChI is InChI=1S/C26H40N2O3/c1-24-10-11-26(30,16-31-3)14-18(24)4-5-19-20-6-7-22(25(20,2)9-8-21(19)24)23(29)15-28-13-12-27-17-28/h12-13,17-22,30H,4-11,14-16H2,1-3H3/t18-,19-,20-,21+,22+,24+,25-,26+/m0/s1. The minimum atomic E-state index is -0.632. The molecule has 0 aromatic carbocycles. The van der Waals surface area contributed by atoms with E-state index in [0.717, 1.165) is 37.5 Å². The molecule has 4 aliphatic carbocycles. The Kier molecular flexibility index (Phi) is 5.37. The minimum absolute atomic E-state index is 0.160. The lowest BCUT2D eigenvalue weighted by atomic mass is 9.44. The highest BCUT2D eigenvalue weighted by Crippen LogP contribution is 2.68. The molecule has 1 aromatic heterocycles. The van der Waals surface area contributed by atoms with E-state index in [9.17, 15) is 9.90 Å². The predicted molar refractivity (Wildman–Crippen MR) is 119 cm³/mol. The normalized spacial score (nSPS) is 46.8. The molecule has 4 saturated carbocycles. The number of aliphatic hydroxyl groups is 1. The van der Waals surface area contributed by atoms with Crippen molar-refractivity contribution < 1.29 is 14.6 Å². The molecule has 4 fully saturated rings. The number of imidazole rings is 1. The van der Waals surface area contributed by atoms with Gasteiger partial charge in [0.25, 0.3) is 0 Å². The number of Topliss-reactive ketones (excluding diaryl/α,β-unsaturated/α-hetero) is 1. The Bertz CT molecular complexity index is 810. The van der Waals surface area contributed by atoms with Gasteiger partial charge in [-0.2, -0.15) is 0 Å². The molecule has 0 aliphatic heterocycles. The van der Waals surface area contributed by atoms with E-state index >= 15 is 0 Å². The number of rotatable bonds is 5. The first kappa shape index (κ1) is 21.6. The molecule has 0 unspecified atom stereocenters. The van der Waals surface area contributed by atoms with Gasteiger partial charge in [-0.1, -0.05) is 13.8 Å². The molecule has 5 nitrogen and oxygen atoms in total. The van der Waals surface area contributed by atoms with E-state index in [2.05, 4.69) is 18.8 Å². The highest BCUT2D eigenvalue weighted by atomic mass is 16.5. The van der Waals surface area contributed by atoms with Crippen molar-refractivity contribution >= 4 is 5.78 Å². The summed E-state index contributed by atoms with van der Waals surface area (Å²) in [6.07, 6.45) is 15.5. The van der Waals surface area contributed by atoms with E-state index in [1.165, 1.54) is 32.1 Å². The number of ether oxygens (including phenoxy) is 1. The van der Waals surface area contributed by atoms with Gasteiger partial charge in [0.2, 0.25) is 0 Å². The van der Waals surface area contributed by atoms with Gasteiger partial charge in [0.1, 0.15) is 0 Å². The number of ketones is 1. The number of carbonyl (C=O) groups excluding carboxylic acids is 1. The molecule has 172 valence electrons. The summed E-state index contributed by atoms with van der Waals surface area (Å²) >= 11 is 0. The van der Waals surface area contributed by atoms with Crippen molar-refractivity contribution in [2.45, 2.75) is 83.8 Å². The average Bonchev–Trinajstić information content (AvgIpc) is 3.35. The van der Waals surface area contributed by atoms with Crippen LogP contribution in [0.5, 0.6) is 0 Å². The number of methoxy groups -OCH3 is 1. The number of hydrogen-bond donors (Lipinski definition) is 1. The van der Waals surface area contributed by atoms with Crippen molar-refractivity contribution in [2.24, 2.45) is 40.4 Å². The smallest absolute Gasteiger partial charge is 0.156 e. The Morgan fingerprint density at radius 3 is 2.65 bits per heavy atom. The largest absolute Gasteiger partial charge is 0.387 e. The lowest BCUT2D eigenvalue weighted by Crippen LogP contribution is -2.56. The number of carbonyl (C=O) groups is 1. The molecule has 0 radical (unpaired) electrons. The topological polar surface area (TPSA) is 64.3 Å². The van der Waals surface area contributed by atoms with E-state index in [1.807, 2.05) is 10.8 Å².